The smallest absolute Gasteiger partial charge is 0.222 e. The molecule has 0 bridgehead atoms. The largest absolute Gasteiger partial charge is 0.370 e. The second-order valence-electron chi connectivity index (χ2n) is 5.65. The lowest BCUT2D eigenvalue weighted by molar-refractivity contribution is -0.121. The van der Waals surface area contributed by atoms with Crippen LogP contribution in [0.1, 0.15) is 32.8 Å². The van der Waals surface area contributed by atoms with Crippen LogP contribution in [0.2, 0.25) is 0 Å². The molecule has 5 nitrogen and oxygen atoms in total. The summed E-state index contributed by atoms with van der Waals surface area (Å²) in [5.74, 6) is 0.342. The molecular formula is C15H25IN4O. The molecule has 1 aromatic rings. The number of hydrogen-bond donors (Lipinski definition) is 3. The van der Waals surface area contributed by atoms with E-state index in [0.717, 1.165) is 5.56 Å². The van der Waals surface area contributed by atoms with Crippen LogP contribution in [-0.4, -0.2) is 24.0 Å². The molecule has 0 heterocycles. The number of carbonyl (C=O) groups excluding carboxylic acids is 1. The highest BCUT2D eigenvalue weighted by Crippen LogP contribution is 1.98. The molecule has 0 saturated heterocycles. The summed E-state index contributed by atoms with van der Waals surface area (Å²) in [7, 11) is 0. The molecule has 0 aliphatic carbocycles. The third-order valence-electron chi connectivity index (χ3n) is 2.46. The molecule has 1 aromatic carbocycles. The van der Waals surface area contributed by atoms with Crippen molar-refractivity contribution in [1.82, 2.24) is 10.6 Å². The first-order valence-electron chi connectivity index (χ1n) is 6.75. The number of guanidine groups is 1. The molecule has 0 radical (unpaired) electrons. The zero-order valence-corrected chi connectivity index (χ0v) is 15.2. The van der Waals surface area contributed by atoms with Gasteiger partial charge in [-0.1, -0.05) is 30.3 Å². The van der Waals surface area contributed by atoms with E-state index < -0.39 is 0 Å². The Morgan fingerprint density at radius 2 is 1.86 bits per heavy atom. The molecule has 21 heavy (non-hydrogen) atoms. The van der Waals surface area contributed by atoms with Crippen molar-refractivity contribution in [1.29, 1.82) is 0 Å². The van der Waals surface area contributed by atoms with E-state index in [1.807, 2.05) is 51.1 Å². The molecule has 0 saturated carbocycles. The van der Waals surface area contributed by atoms with Crippen LogP contribution in [0.4, 0.5) is 0 Å². The highest BCUT2D eigenvalue weighted by molar-refractivity contribution is 14.0. The van der Waals surface area contributed by atoms with E-state index in [2.05, 4.69) is 15.6 Å². The minimum absolute atomic E-state index is 0. The number of hydrogen-bond acceptors (Lipinski definition) is 2. The summed E-state index contributed by atoms with van der Waals surface area (Å²) in [5, 5.41) is 5.90. The highest BCUT2D eigenvalue weighted by Gasteiger charge is 2.09. The van der Waals surface area contributed by atoms with Crippen molar-refractivity contribution in [2.45, 2.75) is 39.3 Å². The van der Waals surface area contributed by atoms with Gasteiger partial charge >= 0.3 is 0 Å². The average Bonchev–Trinajstić information content (AvgIpc) is 2.35. The van der Waals surface area contributed by atoms with E-state index in [0.29, 0.717) is 25.5 Å². The molecule has 0 aliphatic rings. The summed E-state index contributed by atoms with van der Waals surface area (Å²) in [6, 6.07) is 9.80. The van der Waals surface area contributed by atoms with Crippen LogP contribution in [-0.2, 0) is 11.3 Å². The van der Waals surface area contributed by atoms with Gasteiger partial charge in [-0.15, -0.1) is 24.0 Å². The SMILES string of the molecule is CC(C)(C)NC(N)=NCCC(=O)NCc1ccccc1.I. The van der Waals surface area contributed by atoms with Crippen LogP contribution in [0.15, 0.2) is 35.3 Å². The van der Waals surface area contributed by atoms with Gasteiger partial charge in [-0.2, -0.15) is 0 Å². The maximum absolute atomic E-state index is 11.6. The zero-order chi connectivity index (χ0) is 15.0. The lowest BCUT2D eigenvalue weighted by Crippen LogP contribution is -2.45. The number of benzene rings is 1. The van der Waals surface area contributed by atoms with Crippen molar-refractivity contribution < 1.29 is 4.79 Å². The summed E-state index contributed by atoms with van der Waals surface area (Å²) in [6.45, 7) is 6.93. The van der Waals surface area contributed by atoms with E-state index in [1.165, 1.54) is 0 Å². The fourth-order valence-electron chi connectivity index (χ4n) is 1.59. The summed E-state index contributed by atoms with van der Waals surface area (Å²) in [5.41, 5.74) is 6.68. The van der Waals surface area contributed by atoms with Crippen molar-refractivity contribution in [3.05, 3.63) is 35.9 Å². The normalized spacial score (nSPS) is 11.5. The molecular weight excluding hydrogens is 379 g/mol. The van der Waals surface area contributed by atoms with Crippen LogP contribution >= 0.6 is 24.0 Å². The number of aliphatic imine (C=N–C) groups is 1. The Balaban J connectivity index is 0.00000400. The number of rotatable bonds is 5. The molecule has 6 heteroatoms. The molecule has 0 aromatic heterocycles. The molecule has 1 amide bonds. The summed E-state index contributed by atoms with van der Waals surface area (Å²) in [6.07, 6.45) is 0.333. The van der Waals surface area contributed by atoms with Gasteiger partial charge in [0.05, 0.1) is 6.54 Å². The Morgan fingerprint density at radius 1 is 1.24 bits per heavy atom. The van der Waals surface area contributed by atoms with Crippen LogP contribution in [0.3, 0.4) is 0 Å². The summed E-state index contributed by atoms with van der Waals surface area (Å²) < 4.78 is 0. The Bertz CT molecular complexity index is 454. The maximum Gasteiger partial charge on any atom is 0.222 e. The topological polar surface area (TPSA) is 79.5 Å². The third-order valence-corrected chi connectivity index (χ3v) is 2.46. The molecule has 0 atom stereocenters. The van der Waals surface area contributed by atoms with E-state index in [1.54, 1.807) is 0 Å². The first-order chi connectivity index (χ1) is 9.37. The van der Waals surface area contributed by atoms with Gasteiger partial charge < -0.3 is 16.4 Å². The minimum atomic E-state index is -0.122. The molecule has 0 unspecified atom stereocenters. The van der Waals surface area contributed by atoms with Crippen LogP contribution < -0.4 is 16.4 Å². The van der Waals surface area contributed by atoms with Gasteiger partial charge in [0.15, 0.2) is 5.96 Å². The average molecular weight is 404 g/mol. The van der Waals surface area contributed by atoms with Gasteiger partial charge in [0.1, 0.15) is 0 Å². The summed E-state index contributed by atoms with van der Waals surface area (Å²) >= 11 is 0. The van der Waals surface area contributed by atoms with Crippen molar-refractivity contribution >= 4 is 35.8 Å². The van der Waals surface area contributed by atoms with Crippen molar-refractivity contribution in [3.63, 3.8) is 0 Å². The van der Waals surface area contributed by atoms with Crippen LogP contribution in [0, 0.1) is 0 Å². The number of nitrogens with two attached hydrogens (primary N) is 1. The number of carbonyl (C=O) groups is 1. The Labute approximate surface area is 143 Å². The molecule has 118 valence electrons. The minimum Gasteiger partial charge on any atom is -0.370 e. The highest BCUT2D eigenvalue weighted by atomic mass is 127. The predicted octanol–water partition coefficient (Wildman–Crippen LogP) is 2.01. The van der Waals surface area contributed by atoms with E-state index >= 15 is 0 Å². The number of nitrogens with one attached hydrogen (secondary N) is 2. The maximum atomic E-state index is 11.6. The fraction of sp³-hybridized carbons (Fsp3) is 0.467. The van der Waals surface area contributed by atoms with Crippen molar-refractivity contribution in [2.75, 3.05) is 6.54 Å². The molecule has 1 rings (SSSR count). The fourth-order valence-corrected chi connectivity index (χ4v) is 1.59. The van der Waals surface area contributed by atoms with Gasteiger partial charge in [0.25, 0.3) is 0 Å². The number of nitrogens with zero attached hydrogens (tertiary/aromatic N) is 1. The van der Waals surface area contributed by atoms with Crippen molar-refractivity contribution in [3.8, 4) is 0 Å². The molecule has 4 N–H and O–H groups in total. The quantitative estimate of drug-likeness (QED) is 0.399. The second kappa shape index (κ2) is 9.59. The van der Waals surface area contributed by atoms with Gasteiger partial charge in [0, 0.05) is 18.5 Å². The third kappa shape index (κ3) is 10.1. The Hall–Kier alpha value is -1.31. The van der Waals surface area contributed by atoms with E-state index in [9.17, 15) is 4.79 Å². The van der Waals surface area contributed by atoms with Gasteiger partial charge in [-0.3, -0.25) is 9.79 Å². The monoisotopic (exact) mass is 404 g/mol. The first kappa shape index (κ1) is 19.7. The Kier molecular flexibility index (Phi) is 9.00. The second-order valence-corrected chi connectivity index (χ2v) is 5.65. The molecule has 0 fully saturated rings. The molecule has 0 aliphatic heterocycles. The Morgan fingerprint density at radius 3 is 2.43 bits per heavy atom. The number of amides is 1. The van der Waals surface area contributed by atoms with E-state index in [-0.39, 0.29) is 35.4 Å². The standard InChI is InChI=1S/C15H24N4O.HI/c1-15(2,3)19-14(16)17-10-9-13(20)18-11-12-7-5-4-6-8-12;/h4-8H,9-11H2,1-3H3,(H,18,20)(H3,16,17,19);1H. The van der Waals surface area contributed by atoms with Gasteiger partial charge in [0.2, 0.25) is 5.91 Å². The molecule has 0 spiro atoms. The lowest BCUT2D eigenvalue weighted by Gasteiger charge is -2.20. The van der Waals surface area contributed by atoms with Crippen LogP contribution in [0.5, 0.6) is 0 Å². The van der Waals surface area contributed by atoms with E-state index in [4.69, 9.17) is 5.73 Å². The van der Waals surface area contributed by atoms with Crippen LogP contribution in [0.25, 0.3) is 0 Å². The van der Waals surface area contributed by atoms with Crippen molar-refractivity contribution in [2.24, 2.45) is 10.7 Å². The van der Waals surface area contributed by atoms with Gasteiger partial charge in [-0.25, -0.2) is 0 Å². The number of halogens is 1. The lowest BCUT2D eigenvalue weighted by atomic mass is 10.1. The summed E-state index contributed by atoms with van der Waals surface area (Å²) in [4.78, 5) is 15.8. The zero-order valence-electron chi connectivity index (χ0n) is 12.8. The van der Waals surface area contributed by atoms with Gasteiger partial charge in [-0.05, 0) is 26.3 Å². The predicted molar refractivity (Wildman–Crippen MR) is 97.7 cm³/mol. The first-order valence-corrected chi connectivity index (χ1v) is 6.75.